The summed E-state index contributed by atoms with van der Waals surface area (Å²) in [7, 11) is 0. The second kappa shape index (κ2) is 3.35. The summed E-state index contributed by atoms with van der Waals surface area (Å²) in [5, 5.41) is 0. The maximum absolute atomic E-state index is 5.61. The third-order valence-electron chi connectivity index (χ3n) is 3.02. The first-order valence-electron chi connectivity index (χ1n) is 5.15. The zero-order valence-corrected chi connectivity index (χ0v) is 8.01. The van der Waals surface area contributed by atoms with Crippen LogP contribution in [0.15, 0.2) is 0 Å². The van der Waals surface area contributed by atoms with Crippen LogP contribution >= 0.6 is 0 Å². The van der Waals surface area contributed by atoms with Crippen molar-refractivity contribution in [3.8, 4) is 0 Å². The number of hydrogen-bond donors (Lipinski definition) is 0. The first-order chi connectivity index (χ1) is 5.85. The topological polar surface area (TPSA) is 12.5 Å². The first-order valence-corrected chi connectivity index (χ1v) is 5.15. The van der Waals surface area contributed by atoms with Crippen molar-refractivity contribution < 1.29 is 4.74 Å². The Hall–Kier alpha value is -0.0800. The van der Waals surface area contributed by atoms with Crippen LogP contribution in [0.2, 0.25) is 0 Å². The van der Waals surface area contributed by atoms with E-state index in [1.807, 2.05) is 0 Å². The maximum atomic E-state index is 5.61. The molecule has 1 heterocycles. The van der Waals surface area contributed by atoms with Crippen LogP contribution < -0.4 is 0 Å². The molecule has 2 nitrogen and oxygen atoms in total. The minimum Gasteiger partial charge on any atom is -0.379 e. The molecule has 1 aliphatic heterocycles. The smallest absolute Gasteiger partial charge is 0.0593 e. The lowest BCUT2D eigenvalue weighted by molar-refractivity contribution is 0.115. The normalized spacial score (nSPS) is 28.8. The van der Waals surface area contributed by atoms with Gasteiger partial charge in [-0.3, -0.25) is 0 Å². The highest BCUT2D eigenvalue weighted by molar-refractivity contribution is 4.96. The van der Waals surface area contributed by atoms with Gasteiger partial charge in [0, 0.05) is 18.5 Å². The summed E-state index contributed by atoms with van der Waals surface area (Å²) >= 11 is 0. The Kier molecular flexibility index (Phi) is 2.37. The van der Waals surface area contributed by atoms with Gasteiger partial charge in [0.1, 0.15) is 0 Å². The van der Waals surface area contributed by atoms with Crippen LogP contribution in [-0.4, -0.2) is 37.7 Å². The van der Waals surface area contributed by atoms with Gasteiger partial charge in [0.15, 0.2) is 0 Å². The highest BCUT2D eigenvalue weighted by Crippen LogP contribution is 2.47. The second-order valence-electron chi connectivity index (χ2n) is 4.33. The molecule has 1 aliphatic carbocycles. The highest BCUT2D eigenvalue weighted by atomic mass is 16.5. The molecule has 0 unspecified atom stereocenters. The fourth-order valence-electron chi connectivity index (χ4n) is 2.07. The van der Waals surface area contributed by atoms with Crippen LogP contribution in [0.5, 0.6) is 0 Å². The molecule has 2 heteroatoms. The summed E-state index contributed by atoms with van der Waals surface area (Å²) in [5.74, 6) is 0. The molecule has 1 saturated carbocycles. The number of hydrogen-bond acceptors (Lipinski definition) is 2. The van der Waals surface area contributed by atoms with Crippen molar-refractivity contribution in [3.63, 3.8) is 0 Å². The summed E-state index contributed by atoms with van der Waals surface area (Å²) in [4.78, 5) is 2.57. The average Bonchev–Trinajstić information content (AvgIpc) is 2.82. The average molecular weight is 169 g/mol. The molecule has 0 aromatic carbocycles. The minimum absolute atomic E-state index is 0.589. The third-order valence-corrected chi connectivity index (χ3v) is 3.02. The Balaban J connectivity index is 1.88. The van der Waals surface area contributed by atoms with Gasteiger partial charge in [-0.15, -0.1) is 0 Å². The molecular weight excluding hydrogens is 150 g/mol. The van der Waals surface area contributed by atoms with Crippen LogP contribution in [0, 0.1) is 5.41 Å². The van der Waals surface area contributed by atoms with E-state index in [0.717, 1.165) is 19.8 Å². The van der Waals surface area contributed by atoms with E-state index in [2.05, 4.69) is 11.8 Å². The molecule has 0 bridgehead atoms. The SMILES string of the molecule is CCCN1CCOCC2(CC2)C1. The lowest BCUT2D eigenvalue weighted by Gasteiger charge is -2.21. The molecule has 0 amide bonds. The van der Waals surface area contributed by atoms with Crippen LogP contribution in [0.25, 0.3) is 0 Å². The molecule has 2 fully saturated rings. The molecule has 1 spiro atoms. The van der Waals surface area contributed by atoms with Crippen molar-refractivity contribution in [1.82, 2.24) is 4.90 Å². The van der Waals surface area contributed by atoms with Crippen molar-refractivity contribution in [2.75, 3.05) is 32.8 Å². The molecule has 0 atom stereocenters. The molecule has 70 valence electrons. The van der Waals surface area contributed by atoms with Crippen LogP contribution in [0.4, 0.5) is 0 Å². The quantitative estimate of drug-likeness (QED) is 0.621. The van der Waals surface area contributed by atoms with Gasteiger partial charge in [-0.1, -0.05) is 6.92 Å². The fourth-order valence-corrected chi connectivity index (χ4v) is 2.07. The Morgan fingerprint density at radius 1 is 1.42 bits per heavy atom. The van der Waals surface area contributed by atoms with Gasteiger partial charge in [-0.25, -0.2) is 0 Å². The first kappa shape index (κ1) is 8.52. The van der Waals surface area contributed by atoms with E-state index in [-0.39, 0.29) is 0 Å². The molecular formula is C10H19NO. The number of ether oxygens (including phenoxy) is 1. The van der Waals surface area contributed by atoms with Crippen molar-refractivity contribution in [2.45, 2.75) is 26.2 Å². The van der Waals surface area contributed by atoms with Crippen molar-refractivity contribution in [2.24, 2.45) is 5.41 Å². The lowest BCUT2D eigenvalue weighted by atomic mass is 10.1. The maximum Gasteiger partial charge on any atom is 0.0593 e. The monoisotopic (exact) mass is 169 g/mol. The lowest BCUT2D eigenvalue weighted by Crippen LogP contribution is -2.31. The van der Waals surface area contributed by atoms with E-state index >= 15 is 0 Å². The predicted octanol–water partition coefficient (Wildman–Crippen LogP) is 1.51. The Bertz CT molecular complexity index is 154. The molecule has 2 aliphatic rings. The van der Waals surface area contributed by atoms with E-state index in [0.29, 0.717) is 5.41 Å². The standard InChI is InChI=1S/C10H19NO/c1-2-5-11-6-7-12-9-10(8-11)3-4-10/h2-9H2,1H3. The van der Waals surface area contributed by atoms with E-state index in [9.17, 15) is 0 Å². The number of nitrogens with zero attached hydrogens (tertiary/aromatic N) is 1. The van der Waals surface area contributed by atoms with Gasteiger partial charge in [-0.2, -0.15) is 0 Å². The minimum atomic E-state index is 0.589. The number of rotatable bonds is 2. The molecule has 0 N–H and O–H groups in total. The molecule has 0 radical (unpaired) electrons. The van der Waals surface area contributed by atoms with Gasteiger partial charge in [0.25, 0.3) is 0 Å². The molecule has 0 aromatic rings. The van der Waals surface area contributed by atoms with Gasteiger partial charge in [-0.05, 0) is 25.8 Å². The zero-order chi connectivity index (χ0) is 8.44. The second-order valence-corrected chi connectivity index (χ2v) is 4.33. The Morgan fingerprint density at radius 3 is 2.92 bits per heavy atom. The van der Waals surface area contributed by atoms with Crippen LogP contribution in [-0.2, 0) is 4.74 Å². The van der Waals surface area contributed by atoms with Crippen molar-refractivity contribution in [1.29, 1.82) is 0 Å². The summed E-state index contributed by atoms with van der Waals surface area (Å²) in [6.07, 6.45) is 4.07. The molecule has 0 aromatic heterocycles. The largest absolute Gasteiger partial charge is 0.379 e. The summed E-state index contributed by atoms with van der Waals surface area (Å²) in [6, 6.07) is 0. The van der Waals surface area contributed by atoms with Crippen LogP contribution in [0.1, 0.15) is 26.2 Å². The van der Waals surface area contributed by atoms with Gasteiger partial charge in [0.05, 0.1) is 13.2 Å². The van der Waals surface area contributed by atoms with E-state index in [4.69, 9.17) is 4.74 Å². The molecule has 1 saturated heterocycles. The zero-order valence-electron chi connectivity index (χ0n) is 8.01. The van der Waals surface area contributed by atoms with Crippen molar-refractivity contribution >= 4 is 0 Å². The van der Waals surface area contributed by atoms with Gasteiger partial charge in [0.2, 0.25) is 0 Å². The highest BCUT2D eigenvalue weighted by Gasteiger charge is 2.44. The Labute approximate surface area is 74.9 Å². The van der Waals surface area contributed by atoms with Crippen molar-refractivity contribution in [3.05, 3.63) is 0 Å². The summed E-state index contributed by atoms with van der Waals surface area (Å²) < 4.78 is 5.61. The van der Waals surface area contributed by atoms with Crippen LogP contribution in [0.3, 0.4) is 0 Å². The summed E-state index contributed by atoms with van der Waals surface area (Å²) in [5.41, 5.74) is 0.589. The van der Waals surface area contributed by atoms with Gasteiger partial charge < -0.3 is 9.64 Å². The van der Waals surface area contributed by atoms with E-state index in [1.165, 1.54) is 32.4 Å². The summed E-state index contributed by atoms with van der Waals surface area (Å²) in [6.45, 7) is 7.92. The van der Waals surface area contributed by atoms with E-state index in [1.54, 1.807) is 0 Å². The third kappa shape index (κ3) is 1.80. The molecule has 12 heavy (non-hydrogen) atoms. The fraction of sp³-hybridized carbons (Fsp3) is 1.00. The van der Waals surface area contributed by atoms with E-state index < -0.39 is 0 Å². The van der Waals surface area contributed by atoms with Gasteiger partial charge >= 0.3 is 0 Å². The predicted molar refractivity (Wildman–Crippen MR) is 49.2 cm³/mol. The Morgan fingerprint density at radius 2 is 2.25 bits per heavy atom. The molecule has 2 rings (SSSR count).